The fourth-order valence-corrected chi connectivity index (χ4v) is 7.34. The van der Waals surface area contributed by atoms with Crippen LogP contribution in [0.15, 0.2) is 58.8 Å². The van der Waals surface area contributed by atoms with Gasteiger partial charge in [-0.2, -0.15) is 4.31 Å². The van der Waals surface area contributed by atoms with Crippen molar-refractivity contribution in [1.82, 2.24) is 4.31 Å². The number of primary amides is 1. The van der Waals surface area contributed by atoms with Crippen LogP contribution in [-0.4, -0.2) is 56.8 Å². The average Bonchev–Trinajstić information content (AvgIpc) is 3.34. The van der Waals surface area contributed by atoms with E-state index in [0.717, 1.165) is 22.7 Å². The molecule has 10 nitrogen and oxygen atoms in total. The number of nitrogens with zero attached hydrogens (tertiary/aromatic N) is 3. The van der Waals surface area contributed by atoms with Gasteiger partial charge in [0.25, 0.3) is 15.7 Å². The van der Waals surface area contributed by atoms with E-state index in [4.69, 9.17) is 5.73 Å². The number of nitrogens with two attached hydrogens (primary N) is 1. The first kappa shape index (κ1) is 26.6. The Hall–Kier alpha value is -3.48. The number of non-ortho nitro benzene ring substituents is 1. The zero-order chi connectivity index (χ0) is 26.7. The van der Waals surface area contributed by atoms with Crippen LogP contribution in [0.3, 0.4) is 0 Å². The van der Waals surface area contributed by atoms with Crippen molar-refractivity contribution in [2.75, 3.05) is 37.4 Å². The highest BCUT2D eigenvalue weighted by molar-refractivity contribution is 7.91. The van der Waals surface area contributed by atoms with Crippen LogP contribution in [0.2, 0.25) is 0 Å². The monoisotopic (exact) mass is 543 g/mol. The Kier molecular flexibility index (Phi) is 7.81. The van der Waals surface area contributed by atoms with Crippen molar-refractivity contribution in [3.63, 3.8) is 0 Å². The van der Waals surface area contributed by atoms with Crippen LogP contribution in [0.1, 0.15) is 33.6 Å². The van der Waals surface area contributed by atoms with Gasteiger partial charge in [-0.25, -0.2) is 8.42 Å². The molecule has 4 rings (SSSR count). The number of amides is 1. The molecule has 3 N–H and O–H groups in total. The van der Waals surface area contributed by atoms with Crippen LogP contribution in [0.5, 0.6) is 0 Å². The molecule has 0 saturated carbocycles. The number of nitro groups is 1. The number of sulfonamides is 1. The summed E-state index contributed by atoms with van der Waals surface area (Å²) < 4.78 is 28.3. The summed E-state index contributed by atoms with van der Waals surface area (Å²) in [5.74, 6) is -0.695. The first-order valence-electron chi connectivity index (χ1n) is 11.7. The van der Waals surface area contributed by atoms with Crippen LogP contribution >= 0.6 is 11.3 Å². The molecule has 0 atom stereocenters. The number of benzene rings is 2. The number of hydrogen-bond acceptors (Lipinski definition) is 8. The summed E-state index contributed by atoms with van der Waals surface area (Å²) >= 11 is 1.10. The van der Waals surface area contributed by atoms with E-state index in [1.165, 1.54) is 22.5 Å². The van der Waals surface area contributed by atoms with Gasteiger partial charge < -0.3 is 16.0 Å². The van der Waals surface area contributed by atoms with Crippen LogP contribution in [0, 0.1) is 10.1 Å². The van der Waals surface area contributed by atoms with E-state index in [1.54, 1.807) is 12.1 Å². The maximum Gasteiger partial charge on any atom is 0.269 e. The van der Waals surface area contributed by atoms with Crippen molar-refractivity contribution in [2.24, 2.45) is 5.73 Å². The molecule has 1 saturated heterocycles. The normalized spacial score (nSPS) is 14.9. The van der Waals surface area contributed by atoms with Gasteiger partial charge in [-0.3, -0.25) is 14.9 Å². The Balaban J connectivity index is 1.43. The standard InChI is InChI=1S/C25H29N5O5S2/c1-28(2)20-5-3-4-19(16-20)27-18-10-12-29(13-11-18)37(34,35)24-9-7-22(36-24)15-17-14-21(30(32)33)6-8-23(17)25(26)31/h3-9,14,16,18,27H,10-13,15H2,1-2H3,(H2,26,31). The molecule has 1 aromatic heterocycles. The smallest absolute Gasteiger partial charge is 0.269 e. The molecule has 196 valence electrons. The van der Waals surface area contributed by atoms with E-state index in [2.05, 4.69) is 11.4 Å². The van der Waals surface area contributed by atoms with E-state index in [9.17, 15) is 23.3 Å². The fraction of sp³-hybridized carbons (Fsp3) is 0.320. The molecule has 0 spiro atoms. The van der Waals surface area contributed by atoms with E-state index in [0.29, 0.717) is 36.4 Å². The van der Waals surface area contributed by atoms with Crippen LogP contribution in [0.4, 0.5) is 17.1 Å². The lowest BCUT2D eigenvalue weighted by atomic mass is 10.0. The molecule has 0 radical (unpaired) electrons. The molecular weight excluding hydrogens is 514 g/mol. The average molecular weight is 544 g/mol. The summed E-state index contributed by atoms with van der Waals surface area (Å²) in [6.45, 7) is 0.800. The summed E-state index contributed by atoms with van der Waals surface area (Å²) in [5.41, 5.74) is 7.93. The molecule has 2 heterocycles. The highest BCUT2D eigenvalue weighted by Crippen LogP contribution is 2.30. The zero-order valence-corrected chi connectivity index (χ0v) is 22.2. The van der Waals surface area contributed by atoms with Gasteiger partial charge in [0.2, 0.25) is 5.91 Å². The second kappa shape index (κ2) is 10.9. The largest absolute Gasteiger partial charge is 0.382 e. The Morgan fingerprint density at radius 1 is 1.16 bits per heavy atom. The third-order valence-electron chi connectivity index (χ3n) is 6.35. The summed E-state index contributed by atoms with van der Waals surface area (Å²) in [7, 11) is 0.292. The summed E-state index contributed by atoms with van der Waals surface area (Å²) in [6, 6.07) is 15.4. The number of nitrogens with one attached hydrogen (secondary N) is 1. The van der Waals surface area contributed by atoms with E-state index in [1.807, 2.05) is 37.2 Å². The lowest BCUT2D eigenvalue weighted by molar-refractivity contribution is -0.384. The molecule has 2 aromatic carbocycles. The number of piperidine rings is 1. The van der Waals surface area contributed by atoms with Gasteiger partial charge in [0.15, 0.2) is 0 Å². The number of carbonyl (C=O) groups is 1. The molecule has 1 aliphatic rings. The predicted octanol–water partition coefficient (Wildman–Crippen LogP) is 3.68. The predicted molar refractivity (Wildman–Crippen MR) is 145 cm³/mol. The highest BCUT2D eigenvalue weighted by Gasteiger charge is 2.30. The lowest BCUT2D eigenvalue weighted by Gasteiger charge is -2.32. The SMILES string of the molecule is CN(C)c1cccc(NC2CCN(S(=O)(=O)c3ccc(Cc4cc([N+](=O)[O-])ccc4C(N)=O)s3)CC2)c1. The van der Waals surface area contributed by atoms with Crippen LogP contribution in [0.25, 0.3) is 0 Å². The molecule has 1 aliphatic heterocycles. The molecule has 3 aromatic rings. The van der Waals surface area contributed by atoms with E-state index >= 15 is 0 Å². The van der Waals surface area contributed by atoms with Gasteiger partial charge in [0, 0.05) is 73.6 Å². The molecule has 0 bridgehead atoms. The fourth-order valence-electron chi connectivity index (χ4n) is 4.34. The molecule has 37 heavy (non-hydrogen) atoms. The van der Waals surface area contributed by atoms with Gasteiger partial charge in [0.1, 0.15) is 4.21 Å². The maximum atomic E-state index is 13.3. The summed E-state index contributed by atoms with van der Waals surface area (Å²) in [4.78, 5) is 25.1. The number of carbonyl (C=O) groups excluding carboxylic acids is 1. The number of anilines is 2. The Morgan fingerprint density at radius 2 is 1.89 bits per heavy atom. The van der Waals surface area contributed by atoms with E-state index in [-0.39, 0.29) is 27.9 Å². The minimum Gasteiger partial charge on any atom is -0.382 e. The first-order valence-corrected chi connectivity index (χ1v) is 14.0. The molecular formula is C25H29N5O5S2. The van der Waals surface area contributed by atoms with Crippen molar-refractivity contribution in [2.45, 2.75) is 29.5 Å². The maximum absolute atomic E-state index is 13.3. The highest BCUT2D eigenvalue weighted by atomic mass is 32.2. The van der Waals surface area contributed by atoms with Gasteiger partial charge >= 0.3 is 0 Å². The topological polar surface area (TPSA) is 139 Å². The Labute approximate surface area is 219 Å². The van der Waals surface area contributed by atoms with Gasteiger partial charge in [-0.05, 0) is 54.8 Å². The Morgan fingerprint density at radius 3 is 2.54 bits per heavy atom. The van der Waals surface area contributed by atoms with Crippen molar-refractivity contribution in [3.05, 3.63) is 80.7 Å². The lowest BCUT2D eigenvalue weighted by Crippen LogP contribution is -2.42. The molecule has 12 heteroatoms. The summed E-state index contributed by atoms with van der Waals surface area (Å²) in [5, 5.41) is 14.7. The van der Waals surface area contributed by atoms with Gasteiger partial charge in [0.05, 0.1) is 4.92 Å². The quantitative estimate of drug-likeness (QED) is 0.310. The second-order valence-electron chi connectivity index (χ2n) is 9.13. The summed E-state index contributed by atoms with van der Waals surface area (Å²) in [6.07, 6.45) is 1.52. The van der Waals surface area contributed by atoms with Crippen molar-refractivity contribution in [3.8, 4) is 0 Å². The molecule has 0 aliphatic carbocycles. The first-order chi connectivity index (χ1) is 17.5. The number of nitro benzene ring substituents is 1. The van der Waals surface area contributed by atoms with Crippen molar-refractivity contribution >= 4 is 44.3 Å². The minimum atomic E-state index is -3.68. The van der Waals surface area contributed by atoms with Crippen LogP contribution < -0.4 is 16.0 Å². The zero-order valence-electron chi connectivity index (χ0n) is 20.6. The Bertz CT molecular complexity index is 1410. The molecule has 1 amide bonds. The third-order valence-corrected chi connectivity index (χ3v) is 9.80. The van der Waals surface area contributed by atoms with Crippen molar-refractivity contribution < 1.29 is 18.1 Å². The van der Waals surface area contributed by atoms with Crippen LogP contribution in [-0.2, 0) is 16.4 Å². The minimum absolute atomic E-state index is 0.158. The molecule has 1 fully saturated rings. The van der Waals surface area contributed by atoms with E-state index < -0.39 is 20.9 Å². The number of rotatable bonds is 9. The van der Waals surface area contributed by atoms with Crippen molar-refractivity contribution in [1.29, 1.82) is 0 Å². The third kappa shape index (κ3) is 6.09. The molecule has 0 unspecified atom stereocenters. The van der Waals surface area contributed by atoms with Gasteiger partial charge in [-0.1, -0.05) is 6.07 Å². The number of hydrogen-bond donors (Lipinski definition) is 2. The number of thiophene rings is 1. The second-order valence-corrected chi connectivity index (χ2v) is 12.5. The van der Waals surface area contributed by atoms with Gasteiger partial charge in [-0.15, -0.1) is 11.3 Å².